The Labute approximate surface area is 147 Å². The number of benzene rings is 2. The topological polar surface area (TPSA) is 71.5 Å². The third kappa shape index (κ3) is 6.64. The standard InChI is InChI=1S/C18H17F4N3O/c19-14-4-6-15(7-5-14)25-16(9-17(23)24)13-3-1-2-12(8-13)10-26-11-18(20,21)22/h1-8H,9-11H2,(H3,23,24). The van der Waals surface area contributed by atoms with E-state index in [1.807, 2.05) is 0 Å². The highest BCUT2D eigenvalue weighted by atomic mass is 19.4. The molecule has 138 valence electrons. The van der Waals surface area contributed by atoms with Crippen molar-refractivity contribution in [1.29, 1.82) is 5.41 Å². The van der Waals surface area contributed by atoms with Crippen molar-refractivity contribution >= 4 is 17.2 Å². The van der Waals surface area contributed by atoms with Crippen LogP contribution in [0.4, 0.5) is 23.2 Å². The van der Waals surface area contributed by atoms with Crippen LogP contribution < -0.4 is 5.73 Å². The Morgan fingerprint density at radius 1 is 1.12 bits per heavy atom. The molecule has 26 heavy (non-hydrogen) atoms. The largest absolute Gasteiger partial charge is 0.411 e. The van der Waals surface area contributed by atoms with Crippen LogP contribution in [-0.4, -0.2) is 24.3 Å². The van der Waals surface area contributed by atoms with Gasteiger partial charge in [-0.2, -0.15) is 13.2 Å². The molecule has 3 N–H and O–H groups in total. The average Bonchev–Trinajstić information content (AvgIpc) is 2.55. The minimum absolute atomic E-state index is 0.0459. The highest BCUT2D eigenvalue weighted by Gasteiger charge is 2.27. The minimum atomic E-state index is -4.39. The van der Waals surface area contributed by atoms with Crippen molar-refractivity contribution in [1.82, 2.24) is 0 Å². The molecule has 0 saturated heterocycles. The van der Waals surface area contributed by atoms with Crippen molar-refractivity contribution in [2.75, 3.05) is 6.61 Å². The van der Waals surface area contributed by atoms with Crippen LogP contribution in [0.3, 0.4) is 0 Å². The Morgan fingerprint density at radius 3 is 2.42 bits per heavy atom. The van der Waals surface area contributed by atoms with E-state index in [1.54, 1.807) is 24.3 Å². The zero-order chi connectivity index (χ0) is 19.2. The summed E-state index contributed by atoms with van der Waals surface area (Å²) in [5.74, 6) is -0.523. The van der Waals surface area contributed by atoms with Gasteiger partial charge in [0, 0.05) is 6.42 Å². The second-order valence-electron chi connectivity index (χ2n) is 5.55. The average molecular weight is 367 g/mol. The van der Waals surface area contributed by atoms with Gasteiger partial charge in [-0.25, -0.2) is 4.39 Å². The second-order valence-corrected chi connectivity index (χ2v) is 5.55. The molecule has 0 unspecified atom stereocenters. The lowest BCUT2D eigenvalue weighted by Crippen LogP contribution is -2.17. The van der Waals surface area contributed by atoms with Gasteiger partial charge in [0.05, 0.1) is 23.8 Å². The van der Waals surface area contributed by atoms with E-state index < -0.39 is 18.6 Å². The summed E-state index contributed by atoms with van der Waals surface area (Å²) in [5.41, 5.74) is 7.51. The van der Waals surface area contributed by atoms with Gasteiger partial charge in [0.25, 0.3) is 0 Å². The monoisotopic (exact) mass is 367 g/mol. The fourth-order valence-electron chi connectivity index (χ4n) is 2.18. The summed E-state index contributed by atoms with van der Waals surface area (Å²) in [7, 11) is 0. The molecule has 0 saturated carbocycles. The molecule has 0 spiro atoms. The van der Waals surface area contributed by atoms with Gasteiger partial charge in [0.15, 0.2) is 0 Å². The van der Waals surface area contributed by atoms with Crippen LogP contribution in [0.25, 0.3) is 0 Å². The molecular formula is C18H17F4N3O. The first kappa shape index (κ1) is 19.6. The lowest BCUT2D eigenvalue weighted by molar-refractivity contribution is -0.176. The molecule has 0 radical (unpaired) electrons. The third-order valence-electron chi connectivity index (χ3n) is 3.24. The Morgan fingerprint density at radius 2 is 1.81 bits per heavy atom. The number of nitrogens with zero attached hydrogens (tertiary/aromatic N) is 1. The highest BCUT2D eigenvalue weighted by molar-refractivity contribution is 6.11. The van der Waals surface area contributed by atoms with Gasteiger partial charge in [-0.05, 0) is 41.5 Å². The quantitative estimate of drug-likeness (QED) is 0.434. The normalized spacial score (nSPS) is 12.2. The first-order chi connectivity index (χ1) is 12.2. The van der Waals surface area contributed by atoms with E-state index in [9.17, 15) is 17.6 Å². The fraction of sp³-hybridized carbons (Fsp3) is 0.222. The summed E-state index contributed by atoms with van der Waals surface area (Å²) in [6, 6.07) is 12.1. The first-order valence-electron chi connectivity index (χ1n) is 7.63. The molecular weight excluding hydrogens is 350 g/mol. The number of ether oxygens (including phenoxy) is 1. The van der Waals surface area contributed by atoms with E-state index in [-0.39, 0.29) is 18.9 Å². The van der Waals surface area contributed by atoms with Crippen LogP contribution >= 0.6 is 0 Å². The zero-order valence-electron chi connectivity index (χ0n) is 13.7. The van der Waals surface area contributed by atoms with Gasteiger partial charge >= 0.3 is 6.18 Å². The molecule has 2 rings (SSSR count). The zero-order valence-corrected chi connectivity index (χ0v) is 13.7. The van der Waals surface area contributed by atoms with Gasteiger partial charge < -0.3 is 10.5 Å². The van der Waals surface area contributed by atoms with Crippen molar-refractivity contribution in [3.05, 3.63) is 65.5 Å². The molecule has 0 aliphatic rings. The Balaban J connectivity index is 2.23. The maximum atomic E-state index is 13.0. The number of hydrogen-bond donors (Lipinski definition) is 2. The van der Waals surface area contributed by atoms with E-state index in [0.29, 0.717) is 22.5 Å². The number of nitrogens with two attached hydrogens (primary N) is 1. The number of amidine groups is 1. The van der Waals surface area contributed by atoms with Gasteiger partial charge in [-0.1, -0.05) is 18.2 Å². The number of aliphatic imine (C=N–C) groups is 1. The fourth-order valence-corrected chi connectivity index (χ4v) is 2.18. The van der Waals surface area contributed by atoms with Crippen LogP contribution in [0.2, 0.25) is 0 Å². The van der Waals surface area contributed by atoms with Gasteiger partial charge in [-0.3, -0.25) is 10.4 Å². The Bertz CT molecular complexity index is 786. The van der Waals surface area contributed by atoms with E-state index in [4.69, 9.17) is 11.1 Å². The Kier molecular flexibility index (Phi) is 6.46. The molecule has 0 aliphatic carbocycles. The van der Waals surface area contributed by atoms with E-state index in [0.717, 1.165) is 0 Å². The van der Waals surface area contributed by atoms with Gasteiger partial charge in [0.2, 0.25) is 0 Å². The van der Waals surface area contributed by atoms with Crippen molar-refractivity contribution in [2.45, 2.75) is 19.2 Å². The number of halogens is 4. The maximum Gasteiger partial charge on any atom is 0.411 e. The van der Waals surface area contributed by atoms with Crippen molar-refractivity contribution < 1.29 is 22.3 Å². The highest BCUT2D eigenvalue weighted by Crippen LogP contribution is 2.19. The lowest BCUT2D eigenvalue weighted by atomic mass is 10.0. The van der Waals surface area contributed by atoms with Crippen LogP contribution in [0.1, 0.15) is 17.5 Å². The molecule has 2 aromatic carbocycles. The SMILES string of the molecule is N=C(N)CC(=Nc1ccc(F)cc1)c1cccc(COCC(F)(F)F)c1. The molecule has 4 nitrogen and oxygen atoms in total. The van der Waals surface area contributed by atoms with Crippen LogP contribution in [0.15, 0.2) is 53.5 Å². The summed E-state index contributed by atoms with van der Waals surface area (Å²) in [5, 5.41) is 7.49. The number of nitrogens with one attached hydrogen (secondary N) is 1. The summed E-state index contributed by atoms with van der Waals surface area (Å²) >= 11 is 0. The third-order valence-corrected chi connectivity index (χ3v) is 3.24. The lowest BCUT2D eigenvalue weighted by Gasteiger charge is -2.10. The molecule has 0 heterocycles. The Hall–Kier alpha value is -2.74. The smallest absolute Gasteiger partial charge is 0.387 e. The molecule has 8 heteroatoms. The van der Waals surface area contributed by atoms with Crippen molar-refractivity contribution in [2.24, 2.45) is 10.7 Å². The van der Waals surface area contributed by atoms with Gasteiger partial charge in [0.1, 0.15) is 12.4 Å². The summed E-state index contributed by atoms with van der Waals surface area (Å²) in [6.07, 6.45) is -4.34. The van der Waals surface area contributed by atoms with Crippen LogP contribution in [-0.2, 0) is 11.3 Å². The van der Waals surface area contributed by atoms with Crippen molar-refractivity contribution in [3.8, 4) is 0 Å². The molecule has 0 aliphatic heterocycles. The molecule has 0 amide bonds. The second kappa shape index (κ2) is 8.57. The molecule has 0 fully saturated rings. The molecule has 0 bridgehead atoms. The summed E-state index contributed by atoms with van der Waals surface area (Å²) < 4.78 is 54.2. The van der Waals surface area contributed by atoms with E-state index >= 15 is 0 Å². The van der Waals surface area contributed by atoms with Crippen molar-refractivity contribution in [3.63, 3.8) is 0 Å². The predicted molar refractivity (Wildman–Crippen MR) is 91.3 cm³/mol. The van der Waals surface area contributed by atoms with Crippen LogP contribution in [0, 0.1) is 11.2 Å². The minimum Gasteiger partial charge on any atom is -0.387 e. The molecule has 2 aromatic rings. The van der Waals surface area contributed by atoms with E-state index in [1.165, 1.54) is 24.3 Å². The van der Waals surface area contributed by atoms with Crippen LogP contribution in [0.5, 0.6) is 0 Å². The number of rotatable bonds is 7. The number of hydrogen-bond acceptors (Lipinski definition) is 3. The summed E-state index contributed by atoms with van der Waals surface area (Å²) in [4.78, 5) is 4.38. The van der Waals surface area contributed by atoms with Gasteiger partial charge in [-0.15, -0.1) is 0 Å². The first-order valence-corrected chi connectivity index (χ1v) is 7.63. The summed E-state index contributed by atoms with van der Waals surface area (Å²) in [6.45, 7) is -1.54. The molecule has 0 aromatic heterocycles. The predicted octanol–water partition coefficient (Wildman–Crippen LogP) is 4.35. The van der Waals surface area contributed by atoms with E-state index in [2.05, 4.69) is 9.73 Å². The number of alkyl halides is 3. The molecule has 0 atom stereocenters. The maximum absolute atomic E-state index is 13.0.